The maximum atomic E-state index is 10.8. The Morgan fingerprint density at radius 3 is 2.38 bits per heavy atom. The molecular formula is C28H47NO3. The summed E-state index contributed by atoms with van der Waals surface area (Å²) >= 11 is 0. The molecule has 32 heavy (non-hydrogen) atoms. The minimum atomic E-state index is -0.0885. The number of carbonyl (C=O) groups is 1. The number of unbranched alkanes of at least 4 members (excludes halogenated alkanes) is 4. The van der Waals surface area contributed by atoms with E-state index in [9.17, 15) is 4.79 Å². The molecule has 182 valence electrons. The molecule has 0 aliphatic heterocycles. The smallest absolute Gasteiger partial charge is 0.126 e. The molecular weight excluding hydrogens is 398 g/mol. The number of nitrogens with one attached hydrogen (secondary N) is 1. The Kier molecular flexibility index (Phi) is 22.6. The summed E-state index contributed by atoms with van der Waals surface area (Å²) in [6, 6.07) is 10.6. The lowest BCUT2D eigenvalue weighted by Gasteiger charge is -2.07. The molecule has 1 atom stereocenters. The van der Waals surface area contributed by atoms with Gasteiger partial charge in [0.15, 0.2) is 0 Å². The van der Waals surface area contributed by atoms with Gasteiger partial charge in [0.05, 0.1) is 6.61 Å². The van der Waals surface area contributed by atoms with Gasteiger partial charge in [0.25, 0.3) is 0 Å². The van der Waals surface area contributed by atoms with Crippen LogP contribution in [0.25, 0.3) is 0 Å². The highest BCUT2D eigenvalue weighted by Gasteiger charge is 1.99. The Hall–Kier alpha value is -1.75. The van der Waals surface area contributed by atoms with E-state index in [-0.39, 0.29) is 12.5 Å². The van der Waals surface area contributed by atoms with E-state index in [0.717, 1.165) is 63.8 Å². The van der Waals surface area contributed by atoms with Crippen LogP contribution in [0.15, 0.2) is 54.1 Å². The minimum Gasteiger partial charge on any atom is -0.392 e. The van der Waals surface area contributed by atoms with Gasteiger partial charge in [0.2, 0.25) is 0 Å². The lowest BCUT2D eigenvalue weighted by molar-refractivity contribution is -0.109. The molecule has 0 fully saturated rings. The first kappa shape index (κ1) is 30.2. The first-order chi connectivity index (χ1) is 15.8. The van der Waals surface area contributed by atoms with Crippen LogP contribution >= 0.6 is 0 Å². The fourth-order valence-electron chi connectivity index (χ4n) is 3.25. The van der Waals surface area contributed by atoms with Crippen LogP contribution in [0.5, 0.6) is 0 Å². The summed E-state index contributed by atoms with van der Waals surface area (Å²) in [6.07, 6.45) is 15.6. The molecule has 0 aliphatic carbocycles. The van der Waals surface area contributed by atoms with Crippen LogP contribution < -0.4 is 5.32 Å². The molecule has 2 N–H and O–H groups in total. The molecule has 1 aromatic rings. The second-order valence-corrected chi connectivity index (χ2v) is 7.79. The number of benzene rings is 1. The summed E-state index contributed by atoms with van der Waals surface area (Å²) in [4.78, 5) is 10.8. The van der Waals surface area contributed by atoms with Gasteiger partial charge in [0, 0.05) is 19.1 Å². The molecule has 1 unspecified atom stereocenters. The van der Waals surface area contributed by atoms with Gasteiger partial charge < -0.3 is 20.0 Å². The molecule has 4 heteroatoms. The summed E-state index contributed by atoms with van der Waals surface area (Å²) in [7, 11) is 0. The van der Waals surface area contributed by atoms with Gasteiger partial charge in [-0.3, -0.25) is 0 Å². The second kappa shape index (κ2) is 23.9. The zero-order chi connectivity index (χ0) is 23.7. The summed E-state index contributed by atoms with van der Waals surface area (Å²) < 4.78 is 5.75. The van der Waals surface area contributed by atoms with Gasteiger partial charge in [-0.2, -0.15) is 0 Å². The standard InChI is InChI=1S/C26H41NO3.C2H6/c1-24(23-29)22-26(15-11-19-28)16-18-27-17-8-2-3-9-20-30-21-10-7-14-25-12-5-4-6-13-25;1-2/h4-6,11-13,15,22-24,27-28H,2-3,7-10,14,16-21H2,1H3;1-2H3/b15-11-,26-22+;. The first-order valence-electron chi connectivity index (χ1n) is 12.5. The largest absolute Gasteiger partial charge is 0.392 e. The van der Waals surface area contributed by atoms with Crippen LogP contribution in [0.2, 0.25) is 0 Å². The lowest BCUT2D eigenvalue weighted by Crippen LogP contribution is -2.17. The Morgan fingerprint density at radius 2 is 1.69 bits per heavy atom. The molecule has 1 rings (SSSR count). The van der Waals surface area contributed by atoms with Gasteiger partial charge in [-0.1, -0.05) is 87.7 Å². The molecule has 0 bridgehead atoms. The molecule has 4 nitrogen and oxygen atoms in total. The highest BCUT2D eigenvalue weighted by Crippen LogP contribution is 2.08. The zero-order valence-electron chi connectivity index (χ0n) is 20.7. The van der Waals surface area contributed by atoms with Crippen LogP contribution in [0.4, 0.5) is 0 Å². The minimum absolute atomic E-state index is 0.0254. The Balaban J connectivity index is 0.00000466. The number of hydrogen-bond donors (Lipinski definition) is 2. The number of hydrogen-bond acceptors (Lipinski definition) is 4. The molecule has 0 aliphatic rings. The second-order valence-electron chi connectivity index (χ2n) is 7.79. The molecule has 1 aromatic carbocycles. The molecule has 0 saturated carbocycles. The first-order valence-corrected chi connectivity index (χ1v) is 12.5. The van der Waals surface area contributed by atoms with E-state index in [1.165, 1.54) is 31.2 Å². The predicted octanol–water partition coefficient (Wildman–Crippen LogP) is 5.90. The number of aliphatic hydroxyl groups excluding tert-OH is 1. The van der Waals surface area contributed by atoms with Crippen LogP contribution in [-0.4, -0.2) is 44.3 Å². The SMILES string of the molecule is CC.CC(C=O)/C=C(\C=C/CO)CCNCCCCCCOCCCCc1ccccc1. The zero-order valence-corrected chi connectivity index (χ0v) is 20.7. The van der Waals surface area contributed by atoms with Crippen molar-refractivity contribution in [1.82, 2.24) is 5.32 Å². The summed E-state index contributed by atoms with van der Waals surface area (Å²) in [5.41, 5.74) is 2.51. The van der Waals surface area contributed by atoms with E-state index in [2.05, 4.69) is 35.6 Å². The van der Waals surface area contributed by atoms with Crippen molar-refractivity contribution < 1.29 is 14.6 Å². The van der Waals surface area contributed by atoms with Crippen molar-refractivity contribution in [3.05, 3.63) is 59.7 Å². The van der Waals surface area contributed by atoms with Crippen molar-refractivity contribution in [3.63, 3.8) is 0 Å². The van der Waals surface area contributed by atoms with Crippen LogP contribution in [-0.2, 0) is 16.0 Å². The van der Waals surface area contributed by atoms with Crippen molar-refractivity contribution in [3.8, 4) is 0 Å². The van der Waals surface area contributed by atoms with E-state index in [1.807, 2.05) is 32.9 Å². The maximum Gasteiger partial charge on any atom is 0.126 e. The number of allylic oxidation sites excluding steroid dienone is 2. The van der Waals surface area contributed by atoms with Gasteiger partial charge in [-0.05, 0) is 57.2 Å². The third kappa shape index (κ3) is 19.0. The molecule has 0 spiro atoms. The Morgan fingerprint density at radius 1 is 1.00 bits per heavy atom. The molecule has 0 amide bonds. The number of aliphatic hydroxyl groups is 1. The number of aryl methyl sites for hydroxylation is 1. The van der Waals surface area contributed by atoms with E-state index in [4.69, 9.17) is 9.84 Å². The van der Waals surface area contributed by atoms with Crippen molar-refractivity contribution in [1.29, 1.82) is 0 Å². The van der Waals surface area contributed by atoms with Crippen molar-refractivity contribution in [2.24, 2.45) is 5.92 Å². The Bertz CT molecular complexity index is 584. The highest BCUT2D eigenvalue weighted by molar-refractivity contribution is 5.56. The number of aldehydes is 1. The predicted molar refractivity (Wildman–Crippen MR) is 137 cm³/mol. The summed E-state index contributed by atoms with van der Waals surface area (Å²) in [5.74, 6) is -0.0885. The monoisotopic (exact) mass is 445 g/mol. The van der Waals surface area contributed by atoms with Crippen molar-refractivity contribution in [2.45, 2.75) is 72.1 Å². The number of ether oxygens (including phenoxy) is 1. The lowest BCUT2D eigenvalue weighted by atomic mass is 10.1. The normalized spacial score (nSPS) is 12.4. The molecule has 0 aromatic heterocycles. The quantitative estimate of drug-likeness (QED) is 0.158. The maximum absolute atomic E-state index is 10.8. The van der Waals surface area contributed by atoms with Crippen molar-refractivity contribution in [2.75, 3.05) is 32.9 Å². The van der Waals surface area contributed by atoms with E-state index < -0.39 is 0 Å². The Labute approximate surface area is 197 Å². The third-order valence-corrected chi connectivity index (χ3v) is 4.96. The molecule has 0 radical (unpaired) electrons. The fraction of sp³-hybridized carbons (Fsp3) is 0.607. The topological polar surface area (TPSA) is 58.6 Å². The van der Waals surface area contributed by atoms with Crippen LogP contribution in [0.3, 0.4) is 0 Å². The highest BCUT2D eigenvalue weighted by atomic mass is 16.5. The average Bonchev–Trinajstić information content (AvgIpc) is 2.84. The van der Waals surface area contributed by atoms with E-state index in [1.54, 1.807) is 6.08 Å². The van der Waals surface area contributed by atoms with E-state index >= 15 is 0 Å². The number of rotatable bonds is 19. The van der Waals surface area contributed by atoms with Gasteiger partial charge >= 0.3 is 0 Å². The van der Waals surface area contributed by atoms with Gasteiger partial charge in [0.1, 0.15) is 6.29 Å². The fourth-order valence-corrected chi connectivity index (χ4v) is 3.25. The molecule has 0 saturated heterocycles. The van der Waals surface area contributed by atoms with E-state index in [0.29, 0.717) is 0 Å². The van der Waals surface area contributed by atoms with Gasteiger partial charge in [-0.25, -0.2) is 0 Å². The summed E-state index contributed by atoms with van der Waals surface area (Å²) in [5, 5.41) is 12.4. The van der Waals surface area contributed by atoms with Crippen LogP contribution in [0, 0.1) is 5.92 Å². The number of carbonyl (C=O) groups excluding carboxylic acids is 1. The third-order valence-electron chi connectivity index (χ3n) is 4.96. The molecule has 0 heterocycles. The average molecular weight is 446 g/mol. The summed E-state index contributed by atoms with van der Waals surface area (Å²) in [6.45, 7) is 9.55. The van der Waals surface area contributed by atoms with Gasteiger partial charge in [-0.15, -0.1) is 0 Å². The van der Waals surface area contributed by atoms with Crippen molar-refractivity contribution >= 4 is 6.29 Å². The van der Waals surface area contributed by atoms with Crippen LogP contribution in [0.1, 0.15) is 71.3 Å².